The predicted molar refractivity (Wildman–Crippen MR) is 179 cm³/mol. The molecule has 0 aliphatic carbocycles. The van der Waals surface area contributed by atoms with Gasteiger partial charge in [0, 0.05) is 51.5 Å². The Morgan fingerprint density at radius 1 is 1.02 bits per heavy atom. The Morgan fingerprint density at radius 3 is 2.33 bits per heavy atom. The van der Waals surface area contributed by atoms with Crippen molar-refractivity contribution in [2.45, 2.75) is 67.2 Å². The third-order valence-electron chi connectivity index (χ3n) is 8.65. The summed E-state index contributed by atoms with van der Waals surface area (Å²) in [5.74, 6) is -0.277. The Morgan fingerprint density at radius 2 is 1.69 bits per heavy atom. The van der Waals surface area contributed by atoms with E-state index in [4.69, 9.17) is 4.74 Å². The highest BCUT2D eigenvalue weighted by Gasteiger charge is 2.44. The van der Waals surface area contributed by atoms with Gasteiger partial charge in [-0.15, -0.1) is 0 Å². The molecular weight excluding hydrogens is 634 g/mol. The van der Waals surface area contributed by atoms with Crippen molar-refractivity contribution in [3.05, 3.63) is 60.0 Å². The van der Waals surface area contributed by atoms with Crippen LogP contribution in [0, 0.1) is 0 Å². The normalized spacial score (nSPS) is 19.0. The number of halogens is 1. The molecule has 2 saturated heterocycles. The number of hydrogen-bond donors (Lipinski definition) is 1. The minimum absolute atomic E-state index is 0.0950. The first kappa shape index (κ1) is 35.3. The van der Waals surface area contributed by atoms with E-state index in [0.717, 1.165) is 25.0 Å². The fourth-order valence-electron chi connectivity index (χ4n) is 5.73. The van der Waals surface area contributed by atoms with Crippen LogP contribution in [0.3, 0.4) is 0 Å². The summed E-state index contributed by atoms with van der Waals surface area (Å²) in [6.07, 6.45) is 1.88. The van der Waals surface area contributed by atoms with Crippen LogP contribution in [0.15, 0.2) is 64.9 Å². The first-order valence-electron chi connectivity index (χ1n) is 15.5. The molecule has 0 saturated carbocycles. The number of sulfonamides is 1. The van der Waals surface area contributed by atoms with Crippen molar-refractivity contribution in [2.24, 2.45) is 0 Å². The van der Waals surface area contributed by atoms with E-state index in [2.05, 4.69) is 29.9 Å². The van der Waals surface area contributed by atoms with Crippen molar-refractivity contribution in [3.63, 3.8) is 0 Å². The number of ether oxygens (including phenoxy) is 1. The lowest BCUT2D eigenvalue weighted by Gasteiger charge is -2.35. The standard InChI is InChI=1S/C32H46FN3O6S2Si/c1-42-27-10-7-9-26(25-27)29-11-5-6-12-30(29)44(40,41)36-20-15-32(33,16-21-36)31(37)34-17-8-23-43(38,39)28-13-18-35(19-14-28)22-24-45(2,3)4/h5-12,23,25,28H,13-22,24H2,1-4H3,(H,34,37)/b23-8+. The van der Waals surface area contributed by atoms with E-state index in [1.807, 2.05) is 0 Å². The monoisotopic (exact) mass is 679 g/mol. The van der Waals surface area contributed by atoms with Crippen molar-refractivity contribution in [3.8, 4) is 16.9 Å². The largest absolute Gasteiger partial charge is 0.497 e. The number of piperidine rings is 2. The molecule has 1 N–H and O–H groups in total. The Kier molecular flexibility index (Phi) is 11.3. The summed E-state index contributed by atoms with van der Waals surface area (Å²) in [5, 5.41) is 3.16. The van der Waals surface area contributed by atoms with Gasteiger partial charge in [-0.2, -0.15) is 4.31 Å². The van der Waals surface area contributed by atoms with Gasteiger partial charge in [-0.1, -0.05) is 56.0 Å². The van der Waals surface area contributed by atoms with E-state index in [9.17, 15) is 21.6 Å². The molecule has 2 fully saturated rings. The molecule has 248 valence electrons. The Balaban J connectivity index is 1.30. The van der Waals surface area contributed by atoms with Crippen LogP contribution in [0.5, 0.6) is 5.75 Å². The van der Waals surface area contributed by atoms with E-state index < -0.39 is 44.8 Å². The number of nitrogens with one attached hydrogen (secondary N) is 1. The highest BCUT2D eigenvalue weighted by molar-refractivity contribution is 7.94. The summed E-state index contributed by atoms with van der Waals surface area (Å²) in [6, 6.07) is 14.9. The predicted octanol–water partition coefficient (Wildman–Crippen LogP) is 4.70. The molecule has 0 unspecified atom stereocenters. The average Bonchev–Trinajstić information content (AvgIpc) is 3.02. The van der Waals surface area contributed by atoms with Gasteiger partial charge in [0.2, 0.25) is 10.0 Å². The van der Waals surface area contributed by atoms with Gasteiger partial charge >= 0.3 is 0 Å². The average molecular weight is 680 g/mol. The summed E-state index contributed by atoms with van der Waals surface area (Å²) >= 11 is 0. The lowest BCUT2D eigenvalue weighted by atomic mass is 9.93. The molecule has 0 bridgehead atoms. The topological polar surface area (TPSA) is 113 Å². The Hall–Kier alpha value is -2.58. The molecule has 2 heterocycles. The minimum atomic E-state index is -3.98. The maximum Gasteiger partial charge on any atom is 0.258 e. The third-order valence-corrected chi connectivity index (χ3v) is 14.3. The molecule has 0 spiro atoms. The summed E-state index contributed by atoms with van der Waals surface area (Å²) < 4.78 is 75.2. The van der Waals surface area contributed by atoms with Crippen LogP contribution in [0.4, 0.5) is 4.39 Å². The molecule has 45 heavy (non-hydrogen) atoms. The van der Waals surface area contributed by atoms with Gasteiger partial charge in [0.15, 0.2) is 15.5 Å². The summed E-state index contributed by atoms with van der Waals surface area (Å²) in [6.45, 7) is 9.04. The zero-order valence-electron chi connectivity index (χ0n) is 26.7. The minimum Gasteiger partial charge on any atom is -0.497 e. The number of sulfone groups is 1. The molecule has 9 nitrogen and oxygen atoms in total. The van der Waals surface area contributed by atoms with Gasteiger partial charge in [-0.3, -0.25) is 4.79 Å². The second-order valence-corrected chi connectivity index (χ2v) is 22.8. The van der Waals surface area contributed by atoms with Crippen LogP contribution >= 0.6 is 0 Å². The molecule has 2 aromatic rings. The van der Waals surface area contributed by atoms with E-state index in [0.29, 0.717) is 29.7 Å². The number of carbonyl (C=O) groups is 1. The molecule has 13 heteroatoms. The quantitative estimate of drug-likeness (QED) is 0.324. The van der Waals surface area contributed by atoms with Crippen LogP contribution in [0.25, 0.3) is 11.1 Å². The SMILES string of the molecule is COc1cccc(-c2ccccc2S(=O)(=O)N2CCC(F)(C(=O)NC/C=C/S(=O)(=O)C3CCN(CC[Si](C)(C)C)CC3)CC2)c1. The summed E-state index contributed by atoms with van der Waals surface area (Å²) in [7, 11) is -7.09. The first-order valence-corrected chi connectivity index (χ1v) is 22.2. The number of amides is 1. The van der Waals surface area contributed by atoms with Gasteiger partial charge < -0.3 is 15.0 Å². The van der Waals surface area contributed by atoms with Crippen LogP contribution < -0.4 is 10.1 Å². The molecule has 0 aromatic heterocycles. The lowest BCUT2D eigenvalue weighted by molar-refractivity contribution is -0.135. The van der Waals surface area contributed by atoms with E-state index in [1.165, 1.54) is 29.6 Å². The number of nitrogens with zero attached hydrogens (tertiary/aromatic N) is 2. The molecule has 1 amide bonds. The molecule has 2 aliphatic rings. The van der Waals surface area contributed by atoms with Gasteiger partial charge in [-0.25, -0.2) is 21.2 Å². The van der Waals surface area contributed by atoms with Crippen LogP contribution in [0.2, 0.25) is 25.7 Å². The van der Waals surface area contributed by atoms with Crippen LogP contribution in [-0.2, 0) is 24.7 Å². The number of hydrogen-bond acceptors (Lipinski definition) is 7. The fraction of sp³-hybridized carbons (Fsp3) is 0.531. The number of alkyl halides is 1. The second-order valence-electron chi connectivity index (χ2n) is 13.1. The van der Waals surface area contributed by atoms with Crippen molar-refractivity contribution in [1.82, 2.24) is 14.5 Å². The lowest BCUT2D eigenvalue weighted by Crippen LogP contribution is -2.52. The summed E-state index contributed by atoms with van der Waals surface area (Å²) in [5.41, 5.74) is -1.09. The zero-order chi connectivity index (χ0) is 32.9. The number of likely N-dealkylation sites (tertiary alicyclic amines) is 1. The van der Waals surface area contributed by atoms with Crippen molar-refractivity contribution < 1.29 is 30.8 Å². The Bertz CT molecular complexity index is 1580. The maximum absolute atomic E-state index is 15.7. The first-order chi connectivity index (χ1) is 21.1. The molecule has 2 aliphatic heterocycles. The molecule has 0 atom stereocenters. The van der Waals surface area contributed by atoms with Gasteiger partial charge in [0.05, 0.1) is 17.3 Å². The van der Waals surface area contributed by atoms with E-state index >= 15 is 4.39 Å². The van der Waals surface area contributed by atoms with Crippen molar-refractivity contribution >= 4 is 33.8 Å². The number of benzene rings is 2. The molecule has 0 radical (unpaired) electrons. The second kappa shape index (κ2) is 14.5. The van der Waals surface area contributed by atoms with Crippen molar-refractivity contribution in [1.29, 1.82) is 0 Å². The van der Waals surface area contributed by atoms with E-state index in [-0.39, 0.29) is 37.4 Å². The third kappa shape index (κ3) is 9.03. The van der Waals surface area contributed by atoms with Crippen LogP contribution in [0.1, 0.15) is 25.7 Å². The van der Waals surface area contributed by atoms with Crippen molar-refractivity contribution in [2.75, 3.05) is 46.4 Å². The Labute approximate surface area is 268 Å². The number of rotatable bonds is 12. The number of methoxy groups -OCH3 is 1. The highest BCUT2D eigenvalue weighted by atomic mass is 32.2. The van der Waals surface area contributed by atoms with Crippen LogP contribution in [-0.4, -0.2) is 97.3 Å². The fourth-order valence-corrected chi connectivity index (χ4v) is 9.82. The smallest absolute Gasteiger partial charge is 0.258 e. The molecule has 2 aromatic carbocycles. The molecular formula is C32H46FN3O6S2Si. The summed E-state index contributed by atoms with van der Waals surface area (Å²) in [4.78, 5) is 15.2. The van der Waals surface area contributed by atoms with Gasteiger partial charge in [0.25, 0.3) is 5.91 Å². The number of carbonyl (C=O) groups excluding carboxylic acids is 1. The highest BCUT2D eigenvalue weighted by Crippen LogP contribution is 2.35. The van der Waals surface area contributed by atoms with Gasteiger partial charge in [0.1, 0.15) is 5.75 Å². The van der Waals surface area contributed by atoms with E-state index in [1.54, 1.807) is 42.5 Å². The molecule has 4 rings (SSSR count). The maximum atomic E-state index is 15.7. The zero-order valence-corrected chi connectivity index (χ0v) is 29.3. The van der Waals surface area contributed by atoms with Gasteiger partial charge in [-0.05, 0) is 62.3 Å².